The van der Waals surface area contributed by atoms with Crippen molar-refractivity contribution >= 4 is 11.6 Å². The van der Waals surface area contributed by atoms with Gasteiger partial charge in [-0.25, -0.2) is 0 Å². The average molecular weight is 305 g/mol. The minimum absolute atomic E-state index is 0.0853. The predicted octanol–water partition coefficient (Wildman–Crippen LogP) is 4.20. The summed E-state index contributed by atoms with van der Waals surface area (Å²) >= 11 is 6.28. The molecule has 1 aromatic carbocycles. The van der Waals surface area contributed by atoms with E-state index in [2.05, 4.69) is 31.1 Å². The van der Waals surface area contributed by atoms with Crippen molar-refractivity contribution in [2.75, 3.05) is 0 Å². The fourth-order valence-corrected chi connectivity index (χ4v) is 2.04. The van der Waals surface area contributed by atoms with Crippen molar-refractivity contribution in [3.8, 4) is 5.75 Å². The maximum Gasteiger partial charge on any atom is 0.138 e. The molecule has 0 bridgehead atoms. The normalized spacial score (nSPS) is 11.4. The lowest BCUT2D eigenvalue weighted by Crippen LogP contribution is -2.35. The van der Waals surface area contributed by atoms with Crippen molar-refractivity contribution in [2.45, 2.75) is 39.5 Å². The molecule has 2 aromatic rings. The molecule has 1 heterocycles. The van der Waals surface area contributed by atoms with Crippen LogP contribution in [-0.4, -0.2) is 10.5 Å². The van der Waals surface area contributed by atoms with Gasteiger partial charge in [0.25, 0.3) is 0 Å². The van der Waals surface area contributed by atoms with Gasteiger partial charge in [0.15, 0.2) is 0 Å². The lowest BCUT2D eigenvalue weighted by atomic mass is 10.1. The number of halogens is 1. The number of aromatic nitrogens is 1. The van der Waals surface area contributed by atoms with Crippen LogP contribution in [0.4, 0.5) is 0 Å². The third-order valence-corrected chi connectivity index (χ3v) is 3.23. The number of hydrogen-bond acceptors (Lipinski definition) is 3. The average Bonchev–Trinajstić information content (AvgIpc) is 2.44. The smallest absolute Gasteiger partial charge is 0.138 e. The molecule has 0 amide bonds. The highest BCUT2D eigenvalue weighted by Crippen LogP contribution is 2.26. The Bertz CT molecular complexity index is 579. The summed E-state index contributed by atoms with van der Waals surface area (Å²) in [6, 6.07) is 9.75. The second-order valence-electron chi connectivity index (χ2n) is 6.02. The molecule has 1 N–H and O–H groups in total. The van der Waals surface area contributed by atoms with Crippen molar-refractivity contribution in [1.82, 2.24) is 10.3 Å². The van der Waals surface area contributed by atoms with Crippen LogP contribution in [0.1, 0.15) is 31.9 Å². The molecule has 0 aliphatic rings. The summed E-state index contributed by atoms with van der Waals surface area (Å²) in [6.07, 6.45) is 3.53. The molecule has 0 atom stereocenters. The Labute approximate surface area is 131 Å². The van der Waals surface area contributed by atoms with Crippen LogP contribution in [-0.2, 0) is 13.2 Å². The Morgan fingerprint density at radius 1 is 1.19 bits per heavy atom. The van der Waals surface area contributed by atoms with Crippen molar-refractivity contribution < 1.29 is 4.74 Å². The molecule has 21 heavy (non-hydrogen) atoms. The summed E-state index contributed by atoms with van der Waals surface area (Å²) in [5.41, 5.74) is 2.25. The van der Waals surface area contributed by atoms with Gasteiger partial charge in [-0.1, -0.05) is 23.7 Å². The Kier molecular flexibility index (Phi) is 5.21. The van der Waals surface area contributed by atoms with Gasteiger partial charge in [-0.3, -0.25) is 4.98 Å². The third-order valence-electron chi connectivity index (χ3n) is 2.94. The lowest BCUT2D eigenvalue weighted by molar-refractivity contribution is 0.306. The van der Waals surface area contributed by atoms with E-state index < -0.39 is 0 Å². The first kappa shape index (κ1) is 15.8. The van der Waals surface area contributed by atoms with Crippen molar-refractivity contribution in [3.63, 3.8) is 0 Å². The van der Waals surface area contributed by atoms with E-state index in [1.54, 1.807) is 12.4 Å². The molecule has 0 saturated heterocycles. The molecule has 1 aromatic heterocycles. The van der Waals surface area contributed by atoms with Gasteiger partial charge in [0.2, 0.25) is 0 Å². The van der Waals surface area contributed by atoms with E-state index in [9.17, 15) is 0 Å². The molecule has 0 spiro atoms. The van der Waals surface area contributed by atoms with E-state index in [4.69, 9.17) is 16.3 Å². The maximum atomic E-state index is 6.28. The zero-order valence-electron chi connectivity index (χ0n) is 12.7. The summed E-state index contributed by atoms with van der Waals surface area (Å²) in [4.78, 5) is 4.06. The number of ether oxygens (including phenoxy) is 1. The van der Waals surface area contributed by atoms with Gasteiger partial charge >= 0.3 is 0 Å². The number of nitrogens with zero attached hydrogens (tertiary/aromatic N) is 1. The standard InChI is InChI=1S/C17H21ClN2O/c1-17(2,3)20-11-13-6-7-16(15(18)9-13)21-12-14-5-4-8-19-10-14/h4-10,20H,11-12H2,1-3H3. The molecule has 0 radical (unpaired) electrons. The summed E-state index contributed by atoms with van der Waals surface area (Å²) in [5.74, 6) is 0.694. The highest BCUT2D eigenvalue weighted by molar-refractivity contribution is 6.32. The van der Waals surface area contributed by atoms with Crippen LogP contribution in [0, 0.1) is 0 Å². The number of nitrogens with one attached hydrogen (secondary N) is 1. The van der Waals surface area contributed by atoms with Crippen molar-refractivity contribution in [3.05, 3.63) is 58.9 Å². The molecule has 3 nitrogen and oxygen atoms in total. The zero-order chi connectivity index (χ0) is 15.3. The first-order valence-electron chi connectivity index (χ1n) is 6.99. The molecule has 0 saturated carbocycles. The van der Waals surface area contributed by atoms with Gasteiger partial charge in [0.05, 0.1) is 5.02 Å². The first-order valence-corrected chi connectivity index (χ1v) is 7.37. The van der Waals surface area contributed by atoms with E-state index in [0.717, 1.165) is 17.7 Å². The first-order chi connectivity index (χ1) is 9.94. The Morgan fingerprint density at radius 2 is 2.00 bits per heavy atom. The minimum atomic E-state index is 0.0853. The van der Waals surface area contributed by atoms with E-state index in [1.807, 2.05) is 30.3 Å². The van der Waals surface area contributed by atoms with E-state index in [0.29, 0.717) is 17.4 Å². The van der Waals surface area contributed by atoms with E-state index in [1.165, 1.54) is 0 Å². The highest BCUT2D eigenvalue weighted by atomic mass is 35.5. The fourth-order valence-electron chi connectivity index (χ4n) is 1.78. The second kappa shape index (κ2) is 6.92. The van der Waals surface area contributed by atoms with Crippen LogP contribution in [0.15, 0.2) is 42.7 Å². The highest BCUT2D eigenvalue weighted by Gasteiger charge is 2.09. The van der Waals surface area contributed by atoms with Gasteiger partial charge in [-0.05, 0) is 44.5 Å². The number of rotatable bonds is 5. The van der Waals surface area contributed by atoms with Crippen LogP contribution in [0.3, 0.4) is 0 Å². The minimum Gasteiger partial charge on any atom is -0.487 e. The molecule has 0 aliphatic heterocycles. The second-order valence-corrected chi connectivity index (χ2v) is 6.43. The topological polar surface area (TPSA) is 34.1 Å². The van der Waals surface area contributed by atoms with E-state index >= 15 is 0 Å². The number of pyridine rings is 1. The third kappa shape index (κ3) is 5.37. The maximum absolute atomic E-state index is 6.28. The Hall–Kier alpha value is -1.58. The summed E-state index contributed by atoms with van der Waals surface area (Å²) in [6.45, 7) is 7.67. The van der Waals surface area contributed by atoms with Crippen LogP contribution in [0.25, 0.3) is 0 Å². The SMILES string of the molecule is CC(C)(C)NCc1ccc(OCc2cccnc2)c(Cl)c1. The fraction of sp³-hybridized carbons (Fsp3) is 0.353. The van der Waals surface area contributed by atoms with Crippen molar-refractivity contribution in [1.29, 1.82) is 0 Å². The zero-order valence-corrected chi connectivity index (χ0v) is 13.4. The monoisotopic (exact) mass is 304 g/mol. The number of hydrogen-bond donors (Lipinski definition) is 1. The molecule has 0 fully saturated rings. The molecule has 2 rings (SSSR count). The lowest BCUT2D eigenvalue weighted by Gasteiger charge is -2.20. The van der Waals surface area contributed by atoms with Crippen LogP contribution < -0.4 is 10.1 Å². The quantitative estimate of drug-likeness (QED) is 0.899. The number of benzene rings is 1. The van der Waals surface area contributed by atoms with Crippen LogP contribution in [0.2, 0.25) is 5.02 Å². The van der Waals surface area contributed by atoms with Gasteiger partial charge < -0.3 is 10.1 Å². The van der Waals surface area contributed by atoms with Gasteiger partial charge in [-0.2, -0.15) is 0 Å². The molecule has 112 valence electrons. The molecular weight excluding hydrogens is 284 g/mol. The Morgan fingerprint density at radius 3 is 2.62 bits per heavy atom. The summed E-state index contributed by atoms with van der Waals surface area (Å²) in [7, 11) is 0. The van der Waals surface area contributed by atoms with Crippen molar-refractivity contribution in [2.24, 2.45) is 0 Å². The van der Waals surface area contributed by atoms with Crippen LogP contribution in [0.5, 0.6) is 5.75 Å². The summed E-state index contributed by atoms with van der Waals surface area (Å²) < 4.78 is 5.73. The largest absolute Gasteiger partial charge is 0.487 e. The Balaban J connectivity index is 1.96. The molecule has 0 aliphatic carbocycles. The van der Waals surface area contributed by atoms with Crippen LogP contribution >= 0.6 is 11.6 Å². The molecular formula is C17H21ClN2O. The predicted molar refractivity (Wildman–Crippen MR) is 86.6 cm³/mol. The van der Waals surface area contributed by atoms with Gasteiger partial charge in [0, 0.05) is 30.0 Å². The molecule has 0 unspecified atom stereocenters. The molecule has 4 heteroatoms. The van der Waals surface area contributed by atoms with Gasteiger partial charge in [0.1, 0.15) is 12.4 Å². The summed E-state index contributed by atoms with van der Waals surface area (Å²) in [5, 5.41) is 4.07. The van der Waals surface area contributed by atoms with E-state index in [-0.39, 0.29) is 5.54 Å². The van der Waals surface area contributed by atoms with Gasteiger partial charge in [-0.15, -0.1) is 0 Å².